The Bertz CT molecular complexity index is 399. The highest BCUT2D eigenvalue weighted by Crippen LogP contribution is 2.30. The van der Waals surface area contributed by atoms with Crippen molar-refractivity contribution in [2.45, 2.75) is 45.3 Å². The summed E-state index contributed by atoms with van der Waals surface area (Å²) in [6, 6.07) is 6.28. The molecule has 0 heterocycles. The molecule has 19 heavy (non-hydrogen) atoms. The van der Waals surface area contributed by atoms with Crippen molar-refractivity contribution in [1.82, 2.24) is 0 Å². The highest BCUT2D eigenvalue weighted by Gasteiger charge is 2.25. The topological polar surface area (TPSA) is 35.2 Å². The highest BCUT2D eigenvalue weighted by atomic mass is 19.1. The van der Waals surface area contributed by atoms with Crippen molar-refractivity contribution in [3.8, 4) is 0 Å². The smallest absolute Gasteiger partial charge is 0.128 e. The van der Waals surface area contributed by atoms with Crippen molar-refractivity contribution in [3.63, 3.8) is 0 Å². The van der Waals surface area contributed by atoms with E-state index in [9.17, 15) is 4.39 Å². The first kappa shape index (κ1) is 14.5. The fraction of sp³-hybridized carbons (Fsp3) is 0.625. The Labute approximate surface area is 115 Å². The van der Waals surface area contributed by atoms with Gasteiger partial charge in [0.05, 0.1) is 18.8 Å². The zero-order valence-electron chi connectivity index (χ0n) is 11.8. The second kappa shape index (κ2) is 6.49. The summed E-state index contributed by atoms with van der Waals surface area (Å²) in [6.45, 7) is 4.93. The molecule has 0 bridgehead atoms. The Morgan fingerprint density at radius 1 is 1.21 bits per heavy atom. The molecule has 0 saturated heterocycles. The van der Waals surface area contributed by atoms with Gasteiger partial charge in [-0.05, 0) is 37.2 Å². The van der Waals surface area contributed by atoms with Crippen molar-refractivity contribution >= 4 is 0 Å². The van der Waals surface area contributed by atoms with Crippen LogP contribution < -0.4 is 5.73 Å². The van der Waals surface area contributed by atoms with Gasteiger partial charge in [0.2, 0.25) is 0 Å². The van der Waals surface area contributed by atoms with Crippen molar-refractivity contribution in [3.05, 3.63) is 35.6 Å². The molecule has 1 aromatic carbocycles. The Hall–Kier alpha value is -0.930. The lowest BCUT2D eigenvalue weighted by Crippen LogP contribution is -2.29. The number of benzene rings is 1. The molecule has 2 N–H and O–H groups in total. The van der Waals surface area contributed by atoms with Gasteiger partial charge in [-0.15, -0.1) is 0 Å². The van der Waals surface area contributed by atoms with E-state index in [0.29, 0.717) is 24.0 Å². The fourth-order valence-corrected chi connectivity index (χ4v) is 3.11. The summed E-state index contributed by atoms with van der Waals surface area (Å²) >= 11 is 0. The number of nitrogens with two attached hydrogens (primary N) is 1. The van der Waals surface area contributed by atoms with Crippen LogP contribution >= 0.6 is 0 Å². The van der Waals surface area contributed by atoms with Crippen molar-refractivity contribution < 1.29 is 9.13 Å². The number of halogens is 1. The first-order valence-corrected chi connectivity index (χ1v) is 7.18. The molecule has 106 valence electrons. The molecule has 2 nitrogen and oxygen atoms in total. The van der Waals surface area contributed by atoms with E-state index in [1.807, 2.05) is 6.07 Å². The summed E-state index contributed by atoms with van der Waals surface area (Å²) in [4.78, 5) is 0. The van der Waals surface area contributed by atoms with Crippen LogP contribution in [0.25, 0.3) is 0 Å². The van der Waals surface area contributed by atoms with Gasteiger partial charge in [-0.2, -0.15) is 0 Å². The molecule has 1 aromatic rings. The lowest BCUT2D eigenvalue weighted by Gasteiger charge is -2.32. The Morgan fingerprint density at radius 2 is 1.84 bits per heavy atom. The molecule has 3 unspecified atom stereocenters. The van der Waals surface area contributed by atoms with E-state index in [2.05, 4.69) is 13.8 Å². The Balaban J connectivity index is 1.87. The van der Waals surface area contributed by atoms with Gasteiger partial charge < -0.3 is 10.5 Å². The van der Waals surface area contributed by atoms with Gasteiger partial charge in [0.25, 0.3) is 0 Å². The summed E-state index contributed by atoms with van der Waals surface area (Å²) < 4.78 is 19.5. The molecule has 3 heteroatoms. The fourth-order valence-electron chi connectivity index (χ4n) is 3.11. The van der Waals surface area contributed by atoms with Gasteiger partial charge in [-0.1, -0.05) is 32.0 Å². The zero-order valence-corrected chi connectivity index (χ0v) is 11.8. The average Bonchev–Trinajstić information content (AvgIpc) is 2.35. The Morgan fingerprint density at radius 3 is 2.47 bits per heavy atom. The van der Waals surface area contributed by atoms with Gasteiger partial charge in [-0.3, -0.25) is 0 Å². The number of hydrogen-bond donors (Lipinski definition) is 1. The molecule has 2 rings (SSSR count). The molecule has 1 fully saturated rings. The third-order valence-electron chi connectivity index (χ3n) is 3.95. The van der Waals surface area contributed by atoms with E-state index in [1.165, 1.54) is 12.5 Å². The number of ether oxygens (including phenoxy) is 1. The van der Waals surface area contributed by atoms with Gasteiger partial charge >= 0.3 is 0 Å². The molecular formula is C16H24FNO. The van der Waals surface area contributed by atoms with Crippen molar-refractivity contribution in [1.29, 1.82) is 0 Å². The van der Waals surface area contributed by atoms with Crippen LogP contribution in [0.2, 0.25) is 0 Å². The number of rotatable bonds is 4. The van der Waals surface area contributed by atoms with E-state index >= 15 is 0 Å². The first-order valence-electron chi connectivity index (χ1n) is 7.18. The second-order valence-electron chi connectivity index (χ2n) is 6.00. The second-order valence-corrected chi connectivity index (χ2v) is 6.00. The van der Waals surface area contributed by atoms with Gasteiger partial charge in [0, 0.05) is 5.56 Å². The van der Waals surface area contributed by atoms with Gasteiger partial charge in [0.1, 0.15) is 5.82 Å². The third kappa shape index (κ3) is 4.02. The molecule has 0 spiro atoms. The molecular weight excluding hydrogens is 241 g/mol. The van der Waals surface area contributed by atoms with E-state index in [1.54, 1.807) is 12.1 Å². The molecule has 1 saturated carbocycles. The summed E-state index contributed by atoms with van der Waals surface area (Å²) in [5.74, 6) is 1.17. The predicted molar refractivity (Wildman–Crippen MR) is 75.2 cm³/mol. The molecule has 1 aliphatic rings. The minimum Gasteiger partial charge on any atom is -0.376 e. The largest absolute Gasteiger partial charge is 0.376 e. The quantitative estimate of drug-likeness (QED) is 0.901. The van der Waals surface area contributed by atoms with Crippen LogP contribution in [0.3, 0.4) is 0 Å². The van der Waals surface area contributed by atoms with Gasteiger partial charge in [-0.25, -0.2) is 4.39 Å². The van der Waals surface area contributed by atoms with Crippen LogP contribution in [0, 0.1) is 17.7 Å². The van der Waals surface area contributed by atoms with Crippen LogP contribution in [0.1, 0.15) is 44.7 Å². The molecule has 0 amide bonds. The lowest BCUT2D eigenvalue weighted by molar-refractivity contribution is -0.00557. The summed E-state index contributed by atoms with van der Waals surface area (Å²) in [5.41, 5.74) is 6.56. The van der Waals surface area contributed by atoms with Crippen molar-refractivity contribution in [2.75, 3.05) is 6.61 Å². The minimum absolute atomic E-state index is 0.246. The van der Waals surface area contributed by atoms with Crippen LogP contribution in [-0.4, -0.2) is 12.7 Å². The maximum absolute atomic E-state index is 13.6. The summed E-state index contributed by atoms with van der Waals surface area (Å²) in [7, 11) is 0. The molecule has 0 radical (unpaired) electrons. The maximum Gasteiger partial charge on any atom is 0.128 e. The third-order valence-corrected chi connectivity index (χ3v) is 3.95. The van der Waals surface area contributed by atoms with Crippen LogP contribution in [0.4, 0.5) is 4.39 Å². The van der Waals surface area contributed by atoms with Gasteiger partial charge in [0.15, 0.2) is 0 Å². The van der Waals surface area contributed by atoms with E-state index in [-0.39, 0.29) is 18.0 Å². The number of hydrogen-bond acceptors (Lipinski definition) is 2. The van der Waals surface area contributed by atoms with Crippen LogP contribution in [0.5, 0.6) is 0 Å². The minimum atomic E-state index is -0.381. The van der Waals surface area contributed by atoms with Crippen LogP contribution in [0.15, 0.2) is 24.3 Å². The predicted octanol–water partition coefficient (Wildman–Crippen LogP) is 3.67. The van der Waals surface area contributed by atoms with Crippen LogP contribution in [-0.2, 0) is 4.74 Å². The highest BCUT2D eigenvalue weighted by molar-refractivity contribution is 5.20. The van der Waals surface area contributed by atoms with Crippen molar-refractivity contribution in [2.24, 2.45) is 17.6 Å². The lowest BCUT2D eigenvalue weighted by atomic mass is 9.82. The standard InChI is InChI=1S/C16H24FNO/c1-11-7-12(2)9-13(8-11)19-10-16(18)14-5-3-4-6-15(14)17/h3-6,11-13,16H,7-10,18H2,1-2H3. The average molecular weight is 265 g/mol. The SMILES string of the molecule is CC1CC(C)CC(OCC(N)c2ccccc2F)C1. The maximum atomic E-state index is 13.6. The zero-order chi connectivity index (χ0) is 13.8. The first-order chi connectivity index (χ1) is 9.06. The van der Waals surface area contributed by atoms with E-state index in [4.69, 9.17) is 10.5 Å². The summed E-state index contributed by atoms with van der Waals surface area (Å²) in [6.07, 6.45) is 3.73. The Kier molecular flexibility index (Phi) is 4.94. The summed E-state index contributed by atoms with van der Waals surface area (Å²) in [5, 5.41) is 0. The monoisotopic (exact) mass is 265 g/mol. The van der Waals surface area contributed by atoms with E-state index in [0.717, 1.165) is 12.8 Å². The van der Waals surface area contributed by atoms with E-state index < -0.39 is 0 Å². The molecule has 0 aromatic heterocycles. The molecule has 1 aliphatic carbocycles. The molecule has 3 atom stereocenters. The molecule has 0 aliphatic heterocycles. The normalized spacial score (nSPS) is 29.2.